The van der Waals surface area contributed by atoms with Crippen molar-refractivity contribution in [3.63, 3.8) is 0 Å². The van der Waals surface area contributed by atoms with Crippen molar-refractivity contribution in [2.24, 2.45) is 0 Å². The van der Waals surface area contributed by atoms with Gasteiger partial charge in [-0.05, 0) is 12.8 Å². The van der Waals surface area contributed by atoms with Crippen LogP contribution in [0.5, 0.6) is 0 Å². The Labute approximate surface area is 97.0 Å². The van der Waals surface area contributed by atoms with Gasteiger partial charge in [0, 0.05) is 0 Å². The first-order valence-corrected chi connectivity index (χ1v) is 5.20. The molecule has 0 saturated heterocycles. The molecule has 86 valence electrons. The normalized spacial score (nSPS) is 7.93. The summed E-state index contributed by atoms with van der Waals surface area (Å²) in [6.45, 7) is 5.02. The molecule has 2 N–H and O–H groups in total. The first-order chi connectivity index (χ1) is 6.83. The van der Waals surface area contributed by atoms with Crippen LogP contribution in [0.15, 0.2) is 0 Å². The van der Waals surface area contributed by atoms with E-state index in [2.05, 4.69) is 9.78 Å². The molecule has 0 aliphatic rings. The summed E-state index contributed by atoms with van der Waals surface area (Å²) in [7, 11) is 0. The molecule has 0 heterocycles. The van der Waals surface area contributed by atoms with E-state index in [0.717, 1.165) is 46.1 Å². The van der Waals surface area contributed by atoms with Gasteiger partial charge in [-0.1, -0.05) is 26.7 Å². The zero-order chi connectivity index (χ0) is 11.7. The first kappa shape index (κ1) is 19.9. The average Bonchev–Trinajstić information content (AvgIpc) is 2.27. The summed E-state index contributed by atoms with van der Waals surface area (Å²) in [4.78, 5) is 7.56. The monoisotopic (exact) mass is 244 g/mol. The van der Waals surface area contributed by atoms with E-state index in [-0.39, 0.29) is 0 Å². The molecular weight excluding hydrogens is 224 g/mol. The summed E-state index contributed by atoms with van der Waals surface area (Å²) in [6.07, 6.45) is 4.02. The SMILES string of the molecule is CCCCOO.CCCCOO.[O]=[Ti]. The molecular formula is C8H20O5Ti. The van der Waals surface area contributed by atoms with E-state index in [1.165, 1.54) is 0 Å². The molecule has 6 heteroatoms. The van der Waals surface area contributed by atoms with Gasteiger partial charge in [0.15, 0.2) is 0 Å². The van der Waals surface area contributed by atoms with Gasteiger partial charge in [-0.3, -0.25) is 10.5 Å². The third-order valence-electron chi connectivity index (χ3n) is 1.18. The van der Waals surface area contributed by atoms with Crippen molar-refractivity contribution in [3.05, 3.63) is 0 Å². The minimum atomic E-state index is 0.469. The fourth-order valence-corrected chi connectivity index (χ4v) is 0.418. The quantitative estimate of drug-likeness (QED) is 0.325. The number of hydrogen-bond acceptors (Lipinski definition) is 5. The third-order valence-corrected chi connectivity index (χ3v) is 1.18. The molecule has 5 nitrogen and oxygen atoms in total. The summed E-state index contributed by atoms with van der Waals surface area (Å²) >= 11 is 0.750. The van der Waals surface area contributed by atoms with E-state index in [1.807, 2.05) is 13.8 Å². The predicted molar refractivity (Wildman–Crippen MR) is 47.7 cm³/mol. The second-order valence-electron chi connectivity index (χ2n) is 2.37. The van der Waals surface area contributed by atoms with E-state index in [9.17, 15) is 0 Å². The van der Waals surface area contributed by atoms with Crippen LogP contribution in [0.2, 0.25) is 0 Å². The van der Waals surface area contributed by atoms with Crippen molar-refractivity contribution in [1.82, 2.24) is 0 Å². The van der Waals surface area contributed by atoms with Gasteiger partial charge >= 0.3 is 23.7 Å². The summed E-state index contributed by atoms with van der Waals surface area (Å²) in [6, 6.07) is 0. The van der Waals surface area contributed by atoms with E-state index in [0.29, 0.717) is 13.2 Å². The fourth-order valence-electron chi connectivity index (χ4n) is 0.418. The zero-order valence-corrected chi connectivity index (χ0v) is 10.4. The minimum absolute atomic E-state index is 0.469. The Morgan fingerprint density at radius 1 is 0.929 bits per heavy atom. The Morgan fingerprint density at radius 3 is 1.29 bits per heavy atom. The molecule has 0 bridgehead atoms. The van der Waals surface area contributed by atoms with E-state index >= 15 is 0 Å². The van der Waals surface area contributed by atoms with E-state index in [1.54, 1.807) is 0 Å². The van der Waals surface area contributed by atoms with Crippen molar-refractivity contribution >= 4 is 0 Å². The van der Waals surface area contributed by atoms with Gasteiger partial charge in [0.2, 0.25) is 0 Å². The van der Waals surface area contributed by atoms with Crippen LogP contribution in [-0.2, 0) is 33.5 Å². The van der Waals surface area contributed by atoms with Gasteiger partial charge in [-0.25, -0.2) is 9.78 Å². The third kappa shape index (κ3) is 39.4. The Balaban J connectivity index is -0.000000147. The molecule has 0 aromatic carbocycles. The van der Waals surface area contributed by atoms with Crippen LogP contribution in [0.1, 0.15) is 39.5 Å². The molecule has 0 amide bonds. The molecule has 0 fully saturated rings. The molecule has 0 aliphatic heterocycles. The van der Waals surface area contributed by atoms with Crippen molar-refractivity contribution in [3.8, 4) is 0 Å². The van der Waals surface area contributed by atoms with Gasteiger partial charge in [-0.15, -0.1) is 0 Å². The maximum atomic E-state index is 8.25. The number of unbranched alkanes of at least 4 members (excludes halogenated alkanes) is 2. The van der Waals surface area contributed by atoms with Gasteiger partial charge in [-0.2, -0.15) is 0 Å². The second-order valence-corrected chi connectivity index (χ2v) is 2.37. The van der Waals surface area contributed by atoms with Crippen molar-refractivity contribution in [2.45, 2.75) is 39.5 Å². The summed E-state index contributed by atoms with van der Waals surface area (Å²) < 4.78 is 8.25. The second kappa shape index (κ2) is 29.2. The van der Waals surface area contributed by atoms with Crippen LogP contribution in [-0.4, -0.2) is 23.7 Å². The van der Waals surface area contributed by atoms with Crippen LogP contribution in [0, 0.1) is 0 Å². The Kier molecular flexibility index (Phi) is 41.4. The Bertz CT molecular complexity index is 58.8. The topological polar surface area (TPSA) is 76.0 Å². The molecule has 0 spiro atoms. The molecule has 0 saturated carbocycles. The molecule has 0 atom stereocenters. The standard InChI is InChI=1S/2C4H10O2.O.Ti/c2*1-2-3-4-6-5;;/h2*5H,2-4H2,1H3;;. The summed E-state index contributed by atoms with van der Waals surface area (Å²) in [5, 5.41) is 15.4. The van der Waals surface area contributed by atoms with Gasteiger partial charge in [0.25, 0.3) is 0 Å². The van der Waals surface area contributed by atoms with Crippen molar-refractivity contribution < 1.29 is 44.0 Å². The number of hydrogen-bond donors (Lipinski definition) is 2. The maximum absolute atomic E-state index is 8.25. The fraction of sp³-hybridized carbons (Fsp3) is 1.00. The Hall–Kier alpha value is 0.354. The summed E-state index contributed by atoms with van der Waals surface area (Å²) in [5.41, 5.74) is 0. The van der Waals surface area contributed by atoms with Gasteiger partial charge in [0.05, 0.1) is 13.2 Å². The molecule has 0 aliphatic carbocycles. The molecule has 14 heavy (non-hydrogen) atoms. The van der Waals surface area contributed by atoms with E-state index in [4.69, 9.17) is 13.8 Å². The molecule has 0 radical (unpaired) electrons. The number of rotatable bonds is 6. The molecule has 0 rings (SSSR count). The average molecular weight is 244 g/mol. The first-order valence-electron chi connectivity index (χ1n) is 4.56. The van der Waals surface area contributed by atoms with Crippen molar-refractivity contribution in [1.29, 1.82) is 0 Å². The van der Waals surface area contributed by atoms with Crippen LogP contribution >= 0.6 is 0 Å². The van der Waals surface area contributed by atoms with Crippen LogP contribution in [0.3, 0.4) is 0 Å². The summed E-state index contributed by atoms with van der Waals surface area (Å²) in [5.74, 6) is 0. The van der Waals surface area contributed by atoms with Gasteiger partial charge < -0.3 is 0 Å². The van der Waals surface area contributed by atoms with Crippen molar-refractivity contribution in [2.75, 3.05) is 13.2 Å². The van der Waals surface area contributed by atoms with Gasteiger partial charge in [0.1, 0.15) is 0 Å². The molecule has 0 aromatic rings. The Morgan fingerprint density at radius 2 is 1.21 bits per heavy atom. The zero-order valence-electron chi connectivity index (χ0n) is 8.86. The predicted octanol–water partition coefficient (Wildman–Crippen LogP) is 2.43. The van der Waals surface area contributed by atoms with Crippen LogP contribution in [0.4, 0.5) is 0 Å². The van der Waals surface area contributed by atoms with E-state index < -0.39 is 0 Å². The molecule has 0 unspecified atom stereocenters. The molecule has 0 aromatic heterocycles. The van der Waals surface area contributed by atoms with Crippen LogP contribution < -0.4 is 0 Å². The van der Waals surface area contributed by atoms with Crippen LogP contribution in [0.25, 0.3) is 0 Å².